The molecular formula is C14H13BrN2O. The molecule has 0 unspecified atom stereocenters. The van der Waals surface area contributed by atoms with Gasteiger partial charge in [0.05, 0.1) is 5.69 Å². The van der Waals surface area contributed by atoms with Gasteiger partial charge in [0.1, 0.15) is 0 Å². The zero-order valence-electron chi connectivity index (χ0n) is 9.91. The Balaban J connectivity index is 2.22. The summed E-state index contributed by atoms with van der Waals surface area (Å²) < 4.78 is 0.852. The Morgan fingerprint density at radius 2 is 1.94 bits per heavy atom. The van der Waals surface area contributed by atoms with Crippen molar-refractivity contribution in [1.29, 1.82) is 0 Å². The van der Waals surface area contributed by atoms with E-state index in [1.807, 2.05) is 31.2 Å². The summed E-state index contributed by atoms with van der Waals surface area (Å²) in [7, 11) is 0. The molecule has 0 aromatic heterocycles. The quantitative estimate of drug-likeness (QED) is 0.833. The largest absolute Gasteiger partial charge is 0.399 e. The van der Waals surface area contributed by atoms with E-state index in [0.29, 0.717) is 11.3 Å². The predicted octanol–water partition coefficient (Wildman–Crippen LogP) is 3.59. The minimum atomic E-state index is -0.148. The second-order valence-electron chi connectivity index (χ2n) is 4.01. The molecule has 0 heterocycles. The number of carbonyl (C=O) groups is 1. The smallest absolute Gasteiger partial charge is 0.255 e. The normalized spacial score (nSPS) is 10.1. The zero-order chi connectivity index (χ0) is 13.1. The van der Waals surface area contributed by atoms with Crippen molar-refractivity contribution in [2.24, 2.45) is 0 Å². The van der Waals surface area contributed by atoms with Crippen LogP contribution in [0.25, 0.3) is 0 Å². The topological polar surface area (TPSA) is 55.1 Å². The fraction of sp³-hybridized carbons (Fsp3) is 0.0714. The van der Waals surface area contributed by atoms with Crippen LogP contribution in [0, 0.1) is 6.92 Å². The number of nitrogens with two attached hydrogens (primary N) is 1. The molecule has 4 heteroatoms. The summed E-state index contributed by atoms with van der Waals surface area (Å²) in [6, 6.07) is 12.7. The molecule has 0 saturated carbocycles. The molecule has 2 rings (SSSR count). The maximum absolute atomic E-state index is 12.1. The van der Waals surface area contributed by atoms with Crippen molar-refractivity contribution in [3.8, 4) is 0 Å². The first-order valence-electron chi connectivity index (χ1n) is 5.50. The van der Waals surface area contributed by atoms with Crippen molar-refractivity contribution < 1.29 is 4.79 Å². The minimum Gasteiger partial charge on any atom is -0.399 e. The highest BCUT2D eigenvalue weighted by Crippen LogP contribution is 2.22. The number of nitrogen functional groups attached to an aromatic ring is 1. The van der Waals surface area contributed by atoms with Crippen LogP contribution in [0.1, 0.15) is 15.9 Å². The lowest BCUT2D eigenvalue weighted by atomic mass is 10.1. The number of hydrogen-bond acceptors (Lipinski definition) is 2. The fourth-order valence-electron chi connectivity index (χ4n) is 1.57. The van der Waals surface area contributed by atoms with Crippen LogP contribution in [-0.2, 0) is 0 Å². The molecule has 1 amide bonds. The number of para-hydroxylation sites is 1. The van der Waals surface area contributed by atoms with Gasteiger partial charge in [-0.25, -0.2) is 0 Å². The summed E-state index contributed by atoms with van der Waals surface area (Å²) in [4.78, 5) is 12.1. The molecule has 92 valence electrons. The maximum atomic E-state index is 12.1. The third kappa shape index (κ3) is 2.71. The molecular weight excluding hydrogens is 292 g/mol. The van der Waals surface area contributed by atoms with Gasteiger partial charge in [0.25, 0.3) is 5.91 Å². The second kappa shape index (κ2) is 5.23. The van der Waals surface area contributed by atoms with Crippen LogP contribution in [0.2, 0.25) is 0 Å². The molecule has 0 aliphatic rings. The Morgan fingerprint density at radius 1 is 1.22 bits per heavy atom. The average Bonchev–Trinajstić information content (AvgIpc) is 2.35. The number of nitrogens with one attached hydrogen (secondary N) is 1. The minimum absolute atomic E-state index is 0.148. The van der Waals surface area contributed by atoms with Crippen molar-refractivity contribution >= 4 is 33.2 Å². The first kappa shape index (κ1) is 12.6. The van der Waals surface area contributed by atoms with Crippen molar-refractivity contribution in [2.45, 2.75) is 6.92 Å². The molecule has 0 saturated heterocycles. The highest BCUT2D eigenvalue weighted by atomic mass is 79.9. The van der Waals surface area contributed by atoms with Crippen LogP contribution < -0.4 is 11.1 Å². The number of rotatable bonds is 2. The highest BCUT2D eigenvalue weighted by Gasteiger charge is 2.08. The molecule has 3 nitrogen and oxygen atoms in total. The lowest BCUT2D eigenvalue weighted by Crippen LogP contribution is -2.12. The van der Waals surface area contributed by atoms with E-state index in [2.05, 4.69) is 21.2 Å². The van der Waals surface area contributed by atoms with Gasteiger partial charge in [0, 0.05) is 15.7 Å². The van der Waals surface area contributed by atoms with Crippen LogP contribution in [0.5, 0.6) is 0 Å². The number of carbonyl (C=O) groups excluding carboxylic acids is 1. The molecule has 0 radical (unpaired) electrons. The summed E-state index contributed by atoms with van der Waals surface area (Å²) in [6.45, 7) is 1.88. The number of hydrogen-bond donors (Lipinski definition) is 2. The first-order valence-corrected chi connectivity index (χ1v) is 6.29. The van der Waals surface area contributed by atoms with Gasteiger partial charge in [-0.05, 0) is 58.7 Å². The van der Waals surface area contributed by atoms with Gasteiger partial charge >= 0.3 is 0 Å². The van der Waals surface area contributed by atoms with E-state index in [4.69, 9.17) is 5.73 Å². The molecule has 2 aromatic carbocycles. The van der Waals surface area contributed by atoms with E-state index in [1.54, 1.807) is 18.2 Å². The van der Waals surface area contributed by atoms with E-state index in [-0.39, 0.29) is 5.91 Å². The van der Waals surface area contributed by atoms with Crippen molar-refractivity contribution in [1.82, 2.24) is 0 Å². The molecule has 2 aromatic rings. The van der Waals surface area contributed by atoms with Gasteiger partial charge in [-0.2, -0.15) is 0 Å². The molecule has 0 aliphatic heterocycles. The van der Waals surface area contributed by atoms with Gasteiger partial charge in [-0.1, -0.05) is 12.1 Å². The Labute approximate surface area is 114 Å². The maximum Gasteiger partial charge on any atom is 0.255 e. The predicted molar refractivity (Wildman–Crippen MR) is 77.7 cm³/mol. The van der Waals surface area contributed by atoms with Crippen LogP contribution in [-0.4, -0.2) is 5.91 Å². The standard InChI is InChI=1S/C14H13BrN2O/c1-9-8-10(6-7-12(9)16)14(18)17-13-5-3-2-4-11(13)15/h2-8H,16H2,1H3,(H,17,18). The van der Waals surface area contributed by atoms with Gasteiger partial charge in [0.2, 0.25) is 0 Å². The molecule has 18 heavy (non-hydrogen) atoms. The van der Waals surface area contributed by atoms with Gasteiger partial charge in [-0.15, -0.1) is 0 Å². The zero-order valence-corrected chi connectivity index (χ0v) is 11.5. The number of aryl methyl sites for hydroxylation is 1. The van der Waals surface area contributed by atoms with Gasteiger partial charge < -0.3 is 11.1 Å². The van der Waals surface area contributed by atoms with Crippen LogP contribution in [0.15, 0.2) is 46.9 Å². The Hall–Kier alpha value is -1.81. The number of amides is 1. The first-order chi connectivity index (χ1) is 8.58. The summed E-state index contributed by atoms with van der Waals surface area (Å²) in [6.07, 6.45) is 0. The van der Waals surface area contributed by atoms with Crippen molar-refractivity contribution in [3.05, 3.63) is 58.1 Å². The third-order valence-corrected chi connectivity index (χ3v) is 3.35. The van der Waals surface area contributed by atoms with Crippen molar-refractivity contribution in [2.75, 3.05) is 11.1 Å². The molecule has 0 bridgehead atoms. The molecule has 3 N–H and O–H groups in total. The number of halogens is 1. The Kier molecular flexibility index (Phi) is 3.67. The van der Waals surface area contributed by atoms with Crippen LogP contribution in [0.4, 0.5) is 11.4 Å². The van der Waals surface area contributed by atoms with Crippen molar-refractivity contribution in [3.63, 3.8) is 0 Å². The number of benzene rings is 2. The fourth-order valence-corrected chi connectivity index (χ4v) is 1.96. The van der Waals surface area contributed by atoms with E-state index < -0.39 is 0 Å². The molecule has 0 atom stereocenters. The Bertz CT molecular complexity index is 596. The Morgan fingerprint density at radius 3 is 2.61 bits per heavy atom. The SMILES string of the molecule is Cc1cc(C(=O)Nc2ccccc2Br)ccc1N. The average molecular weight is 305 g/mol. The summed E-state index contributed by atoms with van der Waals surface area (Å²) in [5.41, 5.74) is 8.65. The molecule has 0 fully saturated rings. The van der Waals surface area contributed by atoms with Gasteiger partial charge in [0.15, 0.2) is 0 Å². The third-order valence-electron chi connectivity index (χ3n) is 2.65. The second-order valence-corrected chi connectivity index (χ2v) is 4.86. The molecule has 0 spiro atoms. The summed E-state index contributed by atoms with van der Waals surface area (Å²) in [5, 5.41) is 2.85. The van der Waals surface area contributed by atoms with Crippen LogP contribution in [0.3, 0.4) is 0 Å². The van der Waals surface area contributed by atoms with E-state index in [9.17, 15) is 4.79 Å². The van der Waals surface area contributed by atoms with Crippen LogP contribution >= 0.6 is 15.9 Å². The lowest BCUT2D eigenvalue weighted by Gasteiger charge is -2.08. The highest BCUT2D eigenvalue weighted by molar-refractivity contribution is 9.10. The van der Waals surface area contributed by atoms with E-state index in [0.717, 1.165) is 15.7 Å². The van der Waals surface area contributed by atoms with Gasteiger partial charge in [-0.3, -0.25) is 4.79 Å². The number of anilines is 2. The van der Waals surface area contributed by atoms with E-state index >= 15 is 0 Å². The van der Waals surface area contributed by atoms with E-state index in [1.165, 1.54) is 0 Å². The molecule has 0 aliphatic carbocycles. The summed E-state index contributed by atoms with van der Waals surface area (Å²) in [5.74, 6) is -0.148. The summed E-state index contributed by atoms with van der Waals surface area (Å²) >= 11 is 3.39. The lowest BCUT2D eigenvalue weighted by molar-refractivity contribution is 0.102. The monoisotopic (exact) mass is 304 g/mol.